The van der Waals surface area contributed by atoms with E-state index >= 15 is 0 Å². The molecule has 0 aliphatic heterocycles. The van der Waals surface area contributed by atoms with E-state index in [1.807, 2.05) is 36.4 Å². The van der Waals surface area contributed by atoms with Crippen molar-refractivity contribution in [3.63, 3.8) is 0 Å². The van der Waals surface area contributed by atoms with Gasteiger partial charge in [-0.3, -0.25) is 9.78 Å². The van der Waals surface area contributed by atoms with Crippen LogP contribution in [0.4, 0.5) is 0 Å². The molecule has 1 aliphatic rings. The van der Waals surface area contributed by atoms with Crippen molar-refractivity contribution in [2.75, 3.05) is 13.7 Å². The summed E-state index contributed by atoms with van der Waals surface area (Å²) < 4.78 is 5.43. The zero-order valence-corrected chi connectivity index (χ0v) is 17.1. The van der Waals surface area contributed by atoms with Gasteiger partial charge in [0, 0.05) is 36.4 Å². The minimum atomic E-state index is -0.519. The molecule has 0 spiro atoms. The smallest absolute Gasteiger partial charge is 0.339 e. The first-order valence-corrected chi connectivity index (χ1v) is 10.4. The number of fused-ring (bicyclic) bond motifs is 1. The first-order valence-electron chi connectivity index (χ1n) is 10.4. The van der Waals surface area contributed by atoms with E-state index in [4.69, 9.17) is 4.74 Å². The summed E-state index contributed by atoms with van der Waals surface area (Å²) in [5, 5.41) is 0.702. The number of benzene rings is 1. The van der Waals surface area contributed by atoms with Gasteiger partial charge in [0.15, 0.2) is 6.61 Å². The number of amides is 1. The summed E-state index contributed by atoms with van der Waals surface area (Å²) in [7, 11) is 1.80. The number of pyridine rings is 2. The van der Waals surface area contributed by atoms with Gasteiger partial charge in [0.2, 0.25) is 0 Å². The van der Waals surface area contributed by atoms with Crippen LogP contribution in [0.5, 0.6) is 0 Å². The molecule has 6 nitrogen and oxygen atoms in total. The normalized spacial score (nSPS) is 14.4. The summed E-state index contributed by atoms with van der Waals surface area (Å²) in [5.74, 6) is -0.683. The van der Waals surface area contributed by atoms with E-state index in [9.17, 15) is 9.59 Å². The van der Waals surface area contributed by atoms with Gasteiger partial charge in [0.1, 0.15) is 0 Å². The van der Waals surface area contributed by atoms with Crippen LogP contribution < -0.4 is 0 Å². The highest BCUT2D eigenvalue weighted by Crippen LogP contribution is 2.25. The Labute approximate surface area is 175 Å². The maximum atomic E-state index is 12.9. The number of esters is 1. The minimum Gasteiger partial charge on any atom is -0.452 e. The lowest BCUT2D eigenvalue weighted by atomic mass is 9.94. The number of hydrogen-bond acceptors (Lipinski definition) is 5. The molecule has 1 amide bonds. The number of hydrogen-bond donors (Lipinski definition) is 0. The van der Waals surface area contributed by atoms with Gasteiger partial charge in [-0.15, -0.1) is 0 Å². The van der Waals surface area contributed by atoms with Crippen molar-refractivity contribution < 1.29 is 14.3 Å². The van der Waals surface area contributed by atoms with Crippen LogP contribution in [0.1, 0.15) is 42.5 Å². The summed E-state index contributed by atoms with van der Waals surface area (Å²) in [6, 6.07) is 13.1. The van der Waals surface area contributed by atoms with E-state index in [2.05, 4.69) is 9.97 Å². The molecule has 1 aromatic carbocycles. The van der Waals surface area contributed by atoms with Crippen molar-refractivity contribution in [1.82, 2.24) is 14.9 Å². The van der Waals surface area contributed by atoms with E-state index < -0.39 is 5.97 Å². The van der Waals surface area contributed by atoms with Gasteiger partial charge < -0.3 is 9.64 Å². The third kappa shape index (κ3) is 4.32. The Morgan fingerprint density at radius 3 is 2.57 bits per heavy atom. The predicted octanol–water partition coefficient (Wildman–Crippen LogP) is 4.24. The molecule has 1 fully saturated rings. The summed E-state index contributed by atoms with van der Waals surface area (Å²) in [6.07, 6.45) is 8.91. The van der Waals surface area contributed by atoms with Crippen LogP contribution in [-0.2, 0) is 9.53 Å². The van der Waals surface area contributed by atoms with Crippen LogP contribution in [0.3, 0.4) is 0 Å². The Bertz CT molecular complexity index is 1050. The van der Waals surface area contributed by atoms with Gasteiger partial charge in [0.25, 0.3) is 5.91 Å². The standard InChI is InChI=1S/C24H25N3O3/c1-27(18-7-3-2-4-8-18)23(28)16-30-24(29)20-15-22(17-11-13-25-14-12-17)26-21-10-6-5-9-19(20)21/h5-6,9-15,18H,2-4,7-8,16H2,1H3. The molecule has 1 saturated carbocycles. The molecule has 0 atom stereocenters. The fourth-order valence-electron chi connectivity index (χ4n) is 3.99. The number of para-hydroxylation sites is 1. The topological polar surface area (TPSA) is 72.4 Å². The Morgan fingerprint density at radius 1 is 1.07 bits per heavy atom. The summed E-state index contributed by atoms with van der Waals surface area (Å²) in [4.78, 5) is 35.9. The first kappa shape index (κ1) is 20.0. The Hall–Kier alpha value is -3.28. The van der Waals surface area contributed by atoms with Gasteiger partial charge in [-0.2, -0.15) is 0 Å². The maximum absolute atomic E-state index is 12.9. The van der Waals surface area contributed by atoms with Crippen molar-refractivity contribution >= 4 is 22.8 Å². The molecule has 1 aliphatic carbocycles. The van der Waals surface area contributed by atoms with Gasteiger partial charge in [0.05, 0.1) is 16.8 Å². The maximum Gasteiger partial charge on any atom is 0.339 e. The SMILES string of the molecule is CN(C(=O)COC(=O)c1cc(-c2ccncc2)nc2ccccc12)C1CCCCC1. The van der Waals surface area contributed by atoms with Crippen LogP contribution in [0.2, 0.25) is 0 Å². The Balaban J connectivity index is 1.54. The van der Waals surface area contributed by atoms with Crippen molar-refractivity contribution in [1.29, 1.82) is 0 Å². The lowest BCUT2D eigenvalue weighted by Crippen LogP contribution is -2.40. The molecule has 2 aromatic heterocycles. The molecule has 4 rings (SSSR count). The molecular formula is C24H25N3O3. The molecular weight excluding hydrogens is 378 g/mol. The van der Waals surface area contributed by atoms with Crippen molar-refractivity contribution in [2.45, 2.75) is 38.1 Å². The van der Waals surface area contributed by atoms with Crippen LogP contribution in [-0.4, -0.2) is 46.4 Å². The predicted molar refractivity (Wildman–Crippen MR) is 115 cm³/mol. The number of carbonyl (C=O) groups excluding carboxylic acids is 2. The van der Waals surface area contributed by atoms with Gasteiger partial charge in [-0.25, -0.2) is 9.78 Å². The first-order chi connectivity index (χ1) is 14.6. The highest BCUT2D eigenvalue weighted by atomic mass is 16.5. The van der Waals surface area contributed by atoms with Crippen molar-refractivity contribution in [3.05, 3.63) is 60.4 Å². The molecule has 154 valence electrons. The van der Waals surface area contributed by atoms with Crippen LogP contribution in [0.25, 0.3) is 22.2 Å². The van der Waals surface area contributed by atoms with Crippen molar-refractivity contribution in [2.24, 2.45) is 0 Å². The van der Waals surface area contributed by atoms with Gasteiger partial charge >= 0.3 is 5.97 Å². The minimum absolute atomic E-state index is 0.164. The number of ether oxygens (including phenoxy) is 1. The fourth-order valence-corrected chi connectivity index (χ4v) is 3.99. The molecule has 3 aromatic rings. The number of carbonyl (C=O) groups is 2. The molecule has 0 saturated heterocycles. The van der Waals surface area contributed by atoms with E-state index in [0.29, 0.717) is 22.2 Å². The van der Waals surface area contributed by atoms with Crippen LogP contribution in [0.15, 0.2) is 54.9 Å². The van der Waals surface area contributed by atoms with Crippen LogP contribution >= 0.6 is 0 Å². The Kier molecular flexibility index (Phi) is 6.02. The summed E-state index contributed by atoms with van der Waals surface area (Å²) in [6.45, 7) is -0.257. The quantitative estimate of drug-likeness (QED) is 0.596. The summed E-state index contributed by atoms with van der Waals surface area (Å²) in [5.41, 5.74) is 2.62. The lowest BCUT2D eigenvalue weighted by Gasteiger charge is -2.31. The molecule has 30 heavy (non-hydrogen) atoms. The van der Waals surface area contributed by atoms with E-state index in [1.165, 1.54) is 6.42 Å². The fraction of sp³-hybridized carbons (Fsp3) is 0.333. The highest BCUT2D eigenvalue weighted by molar-refractivity contribution is 6.05. The second-order valence-corrected chi connectivity index (χ2v) is 7.68. The number of likely N-dealkylation sites (N-methyl/N-ethyl adjacent to an activating group) is 1. The number of aromatic nitrogens is 2. The monoisotopic (exact) mass is 403 g/mol. The van der Waals surface area contributed by atoms with Crippen molar-refractivity contribution in [3.8, 4) is 11.3 Å². The van der Waals surface area contributed by atoms with Crippen LogP contribution in [0, 0.1) is 0 Å². The molecule has 6 heteroatoms. The highest BCUT2D eigenvalue weighted by Gasteiger charge is 2.23. The zero-order chi connectivity index (χ0) is 20.9. The Morgan fingerprint density at radius 2 is 1.80 bits per heavy atom. The van der Waals surface area contributed by atoms with Gasteiger partial charge in [-0.05, 0) is 37.1 Å². The molecule has 0 bridgehead atoms. The van der Waals surface area contributed by atoms with E-state index in [-0.39, 0.29) is 18.6 Å². The average Bonchev–Trinajstić information content (AvgIpc) is 2.82. The lowest BCUT2D eigenvalue weighted by molar-refractivity contribution is -0.135. The number of nitrogens with zero attached hydrogens (tertiary/aromatic N) is 3. The second-order valence-electron chi connectivity index (χ2n) is 7.68. The second kappa shape index (κ2) is 9.03. The average molecular weight is 403 g/mol. The van der Waals surface area contributed by atoms with Gasteiger partial charge in [-0.1, -0.05) is 37.5 Å². The zero-order valence-electron chi connectivity index (χ0n) is 17.1. The molecule has 2 heterocycles. The third-order valence-electron chi connectivity index (χ3n) is 5.75. The number of rotatable bonds is 5. The summed E-state index contributed by atoms with van der Waals surface area (Å²) >= 11 is 0. The molecule has 0 radical (unpaired) electrons. The molecule has 0 unspecified atom stereocenters. The molecule has 0 N–H and O–H groups in total. The largest absolute Gasteiger partial charge is 0.452 e. The van der Waals surface area contributed by atoms with E-state index in [0.717, 1.165) is 31.2 Å². The van der Waals surface area contributed by atoms with E-state index in [1.54, 1.807) is 30.4 Å². The third-order valence-corrected chi connectivity index (χ3v) is 5.75.